The van der Waals surface area contributed by atoms with Gasteiger partial charge in [-0.25, -0.2) is 0 Å². The number of allylic oxidation sites excluding steroid dienone is 3. The molecule has 24 atom stereocenters. The zero-order valence-electron chi connectivity index (χ0n) is 40.7. The molecular weight excluding hydrogens is 785 g/mol. The minimum atomic E-state index is 0.0271. The molecule has 0 aromatic heterocycles. The molecule has 8 aliphatic carbocycles. The average Bonchev–Trinajstić information content (AvgIpc) is 3.97. The van der Waals surface area contributed by atoms with Crippen molar-refractivity contribution < 1.29 is 4.74 Å². The quantitative estimate of drug-likeness (QED) is 0.238. The number of nitrogens with zero attached hydrogens (tertiary/aromatic N) is 3. The summed E-state index contributed by atoms with van der Waals surface area (Å²) in [7, 11) is 0. The lowest BCUT2D eigenvalue weighted by Gasteiger charge is -2.57. The first-order valence-corrected chi connectivity index (χ1v) is 28.1. The molecule has 352 valence electrons. The first-order chi connectivity index (χ1) is 31.2. The number of rotatable bonds is 5. The van der Waals surface area contributed by atoms with Crippen molar-refractivity contribution in [3.8, 4) is 6.07 Å². The molecule has 7 nitrogen and oxygen atoms in total. The smallest absolute Gasteiger partial charge is 0.0704 e. The Morgan fingerprint density at radius 3 is 1.84 bits per heavy atom. The summed E-state index contributed by atoms with van der Waals surface area (Å²) in [6.45, 7) is 13.0. The third-order valence-corrected chi connectivity index (χ3v) is 21.8. The number of fused-ring (bicyclic) bond motifs is 9. The minimum Gasteiger partial charge on any atom is -0.374 e. The summed E-state index contributed by atoms with van der Waals surface area (Å²) in [5.74, 6) is 9.70. The summed E-state index contributed by atoms with van der Waals surface area (Å²) in [6, 6.07) is 6.14. The van der Waals surface area contributed by atoms with E-state index in [0.717, 1.165) is 60.2 Å². The van der Waals surface area contributed by atoms with E-state index in [2.05, 4.69) is 103 Å². The maximum absolute atomic E-state index is 11.6. The van der Waals surface area contributed by atoms with Gasteiger partial charge >= 0.3 is 0 Å². The molecule has 64 heavy (non-hydrogen) atoms. The predicted molar refractivity (Wildman–Crippen MR) is 257 cm³/mol. The zero-order chi connectivity index (χ0) is 43.4. The van der Waals surface area contributed by atoms with E-state index in [4.69, 9.17) is 4.74 Å². The molecule has 7 heteroatoms. The Bertz CT molecular complexity index is 1740. The summed E-state index contributed by atoms with van der Waals surface area (Å²) in [6.07, 6.45) is 41.3. The van der Waals surface area contributed by atoms with Crippen molar-refractivity contribution in [2.24, 2.45) is 88.8 Å². The molecular formula is C57H88N6O. The molecule has 0 aromatic carbocycles. The van der Waals surface area contributed by atoms with Crippen molar-refractivity contribution in [1.29, 1.82) is 5.26 Å². The molecule has 0 aromatic rings. The van der Waals surface area contributed by atoms with Crippen LogP contribution in [0.1, 0.15) is 157 Å². The Morgan fingerprint density at radius 1 is 0.531 bits per heavy atom. The largest absolute Gasteiger partial charge is 0.374 e. The fourth-order valence-electron chi connectivity index (χ4n) is 19.5. The van der Waals surface area contributed by atoms with Crippen LogP contribution in [0, 0.1) is 100 Å². The molecule has 9 fully saturated rings. The van der Waals surface area contributed by atoms with E-state index in [1.165, 1.54) is 109 Å². The molecule has 3 N–H and O–H groups in total. The number of nitrogens with one attached hydrogen (secondary N) is 3. The second-order valence-corrected chi connectivity index (χ2v) is 25.6. The van der Waals surface area contributed by atoms with Gasteiger partial charge in [0.1, 0.15) is 0 Å². The summed E-state index contributed by atoms with van der Waals surface area (Å²) in [4.78, 5) is 6.33. The standard InChI is InChI=1S/C57H88N6O/c1-32-21-23-37(24-22-32)55-59-56(43-17-12-16-42-41-15-8-11-20-51(41)64-54(42)43)61-57(60-55)46-29-38(31-58)49(62-47-18-9-6-13-39(47)40-14-7-10-19-48(40)62)30-50(46)63-52-35(4)25-33(2)27-44(52)45-28-34(3)26-36(5)53(45)63/h9-10,12,17-19,32-57,59-61H,6-8,11,13-16,20-30H2,1-5H3. The summed E-state index contributed by atoms with van der Waals surface area (Å²) in [5.41, 5.74) is 0. The van der Waals surface area contributed by atoms with Crippen LogP contribution in [-0.4, -0.2) is 76.8 Å². The third kappa shape index (κ3) is 7.45. The first-order valence-electron chi connectivity index (χ1n) is 28.1. The molecule has 24 unspecified atom stereocenters. The molecule has 0 amide bonds. The lowest BCUT2D eigenvalue weighted by molar-refractivity contribution is -0.0689. The summed E-state index contributed by atoms with van der Waals surface area (Å²) < 4.78 is 7.24. The van der Waals surface area contributed by atoms with Gasteiger partial charge in [-0.15, -0.1) is 0 Å². The monoisotopic (exact) mass is 873 g/mol. The highest BCUT2D eigenvalue weighted by atomic mass is 16.5. The highest BCUT2D eigenvalue weighted by molar-refractivity contribution is 5.23. The van der Waals surface area contributed by atoms with E-state index in [0.29, 0.717) is 77.9 Å². The maximum Gasteiger partial charge on any atom is 0.0704 e. The third-order valence-electron chi connectivity index (χ3n) is 21.8. The Kier molecular flexibility index (Phi) is 12.1. The van der Waals surface area contributed by atoms with Crippen LogP contribution >= 0.6 is 0 Å². The van der Waals surface area contributed by atoms with Gasteiger partial charge in [-0.3, -0.25) is 25.8 Å². The molecule has 4 aliphatic heterocycles. The van der Waals surface area contributed by atoms with E-state index in [9.17, 15) is 5.26 Å². The van der Waals surface area contributed by atoms with Crippen molar-refractivity contribution in [1.82, 2.24) is 25.8 Å². The van der Waals surface area contributed by atoms with Crippen LogP contribution < -0.4 is 16.0 Å². The molecule has 0 bridgehead atoms. The lowest BCUT2D eigenvalue weighted by atomic mass is 9.64. The molecule has 5 saturated carbocycles. The second-order valence-electron chi connectivity index (χ2n) is 25.6. The van der Waals surface area contributed by atoms with Crippen LogP contribution in [0.5, 0.6) is 0 Å². The average molecular weight is 873 g/mol. The van der Waals surface area contributed by atoms with Gasteiger partial charge in [-0.1, -0.05) is 96.8 Å². The zero-order valence-corrected chi connectivity index (χ0v) is 40.7. The number of nitriles is 1. The van der Waals surface area contributed by atoms with Gasteiger partial charge in [0.25, 0.3) is 0 Å². The molecule has 4 heterocycles. The van der Waals surface area contributed by atoms with Gasteiger partial charge in [-0.05, 0) is 167 Å². The first kappa shape index (κ1) is 43.7. The minimum absolute atomic E-state index is 0.0271. The molecule has 12 rings (SSSR count). The Morgan fingerprint density at radius 2 is 1.17 bits per heavy atom. The molecule has 4 saturated heterocycles. The Hall–Kier alpha value is -1.53. The van der Waals surface area contributed by atoms with Crippen LogP contribution in [-0.2, 0) is 4.74 Å². The number of likely N-dealkylation sites (tertiary alicyclic amines) is 2. The van der Waals surface area contributed by atoms with Gasteiger partial charge in [0.15, 0.2) is 0 Å². The fourth-order valence-corrected chi connectivity index (χ4v) is 19.5. The normalized spacial score (nSPS) is 56.0. The molecule has 0 radical (unpaired) electrons. The number of hydrogen-bond acceptors (Lipinski definition) is 7. The highest BCUT2D eigenvalue weighted by Crippen LogP contribution is 2.58. The highest BCUT2D eigenvalue weighted by Gasteiger charge is 2.62. The fraction of sp³-hybridized carbons (Fsp3) is 0.877. The summed E-state index contributed by atoms with van der Waals surface area (Å²) >= 11 is 0. The maximum atomic E-state index is 11.6. The lowest BCUT2D eigenvalue weighted by Crippen LogP contribution is -2.75. The molecule has 12 aliphatic rings. The van der Waals surface area contributed by atoms with Crippen LogP contribution in [0.15, 0.2) is 36.5 Å². The van der Waals surface area contributed by atoms with Gasteiger partial charge in [0, 0.05) is 48.1 Å². The second kappa shape index (κ2) is 17.8. The molecule has 0 spiro atoms. The van der Waals surface area contributed by atoms with Crippen molar-refractivity contribution in [2.45, 2.75) is 224 Å². The van der Waals surface area contributed by atoms with E-state index < -0.39 is 0 Å². The van der Waals surface area contributed by atoms with Crippen LogP contribution in [0.25, 0.3) is 0 Å². The SMILES string of the molecule is CC1CCC(C2NC(C3C=CCC4C5CCCCC5OC34)NC(C3CC(C#N)C(N4C5C=CCCC5C5CCC=CC54)CC3N3C4C(C)CC(C)CC4C4CC(C)CC(C)C43)N2)CC1. The van der Waals surface area contributed by atoms with Crippen molar-refractivity contribution in [2.75, 3.05) is 0 Å². The summed E-state index contributed by atoms with van der Waals surface area (Å²) in [5, 5.41) is 25.0. The predicted octanol–water partition coefficient (Wildman–Crippen LogP) is 10.4. The van der Waals surface area contributed by atoms with Gasteiger partial charge in [-0.2, -0.15) is 5.26 Å². The van der Waals surface area contributed by atoms with Gasteiger partial charge < -0.3 is 4.74 Å². The van der Waals surface area contributed by atoms with E-state index in [-0.39, 0.29) is 30.5 Å². The van der Waals surface area contributed by atoms with Crippen LogP contribution in [0.2, 0.25) is 0 Å². The van der Waals surface area contributed by atoms with Crippen LogP contribution in [0.3, 0.4) is 0 Å². The van der Waals surface area contributed by atoms with Crippen molar-refractivity contribution in [3.05, 3.63) is 36.5 Å². The number of ether oxygens (including phenoxy) is 1. The van der Waals surface area contributed by atoms with Crippen molar-refractivity contribution in [3.63, 3.8) is 0 Å². The number of hydrogen-bond donors (Lipinski definition) is 3. The van der Waals surface area contributed by atoms with E-state index in [1.54, 1.807) is 0 Å². The van der Waals surface area contributed by atoms with E-state index >= 15 is 0 Å². The van der Waals surface area contributed by atoms with Gasteiger partial charge in [0.2, 0.25) is 0 Å². The van der Waals surface area contributed by atoms with Crippen molar-refractivity contribution >= 4 is 0 Å². The Balaban J connectivity index is 0.944. The van der Waals surface area contributed by atoms with E-state index in [1.807, 2.05) is 0 Å². The topological polar surface area (TPSA) is 75.6 Å². The Labute approximate surface area is 389 Å². The van der Waals surface area contributed by atoms with Crippen LogP contribution in [0.4, 0.5) is 0 Å². The van der Waals surface area contributed by atoms with Gasteiger partial charge in [0.05, 0.1) is 42.7 Å².